The summed E-state index contributed by atoms with van der Waals surface area (Å²) in [5.41, 5.74) is 0. The lowest BCUT2D eigenvalue weighted by molar-refractivity contribution is 0.183. The number of piperidine rings is 1. The molecule has 1 saturated heterocycles. The van der Waals surface area contributed by atoms with Crippen LogP contribution in [0, 0.1) is 5.92 Å². The molecule has 1 nitrogen and oxygen atoms in total. The minimum absolute atomic E-state index is 0.629. The van der Waals surface area contributed by atoms with Crippen LogP contribution in [-0.4, -0.2) is 28.3 Å². The molecule has 78 valence electrons. The van der Waals surface area contributed by atoms with Gasteiger partial charge in [0.1, 0.15) is 0 Å². The molecule has 0 saturated carbocycles. The van der Waals surface area contributed by atoms with Gasteiger partial charge in [-0.05, 0) is 25.3 Å². The minimum atomic E-state index is -1.08. The van der Waals surface area contributed by atoms with Crippen LogP contribution in [0.1, 0.15) is 26.2 Å². The molecule has 0 bridgehead atoms. The molecular formula is C9H16Cl3N. The van der Waals surface area contributed by atoms with Crippen LogP contribution in [0.4, 0.5) is 0 Å². The van der Waals surface area contributed by atoms with Gasteiger partial charge in [0.05, 0.1) is 0 Å². The van der Waals surface area contributed by atoms with Gasteiger partial charge < -0.3 is 4.90 Å². The molecule has 0 unspecified atom stereocenters. The van der Waals surface area contributed by atoms with Gasteiger partial charge in [-0.2, -0.15) is 0 Å². The zero-order valence-corrected chi connectivity index (χ0v) is 10.2. The lowest BCUT2D eigenvalue weighted by atomic mass is 10.0. The third-order valence-electron chi connectivity index (χ3n) is 2.45. The fourth-order valence-electron chi connectivity index (χ4n) is 1.77. The van der Waals surface area contributed by atoms with Gasteiger partial charge in [0.2, 0.25) is 0 Å². The van der Waals surface area contributed by atoms with E-state index in [1.54, 1.807) is 0 Å². The topological polar surface area (TPSA) is 3.24 Å². The number of rotatable bonds is 2. The SMILES string of the molecule is C[C@H]1CCCN(CCC(Cl)(Cl)Cl)C1. The van der Waals surface area contributed by atoms with E-state index in [4.69, 9.17) is 34.8 Å². The van der Waals surface area contributed by atoms with Crippen LogP contribution in [0.15, 0.2) is 0 Å². The lowest BCUT2D eigenvalue weighted by Gasteiger charge is -2.31. The van der Waals surface area contributed by atoms with E-state index in [1.807, 2.05) is 0 Å². The van der Waals surface area contributed by atoms with Gasteiger partial charge >= 0.3 is 0 Å². The molecule has 1 rings (SSSR count). The minimum Gasteiger partial charge on any atom is -0.303 e. The molecule has 0 aromatic carbocycles. The molecule has 0 aromatic rings. The molecule has 4 heteroatoms. The van der Waals surface area contributed by atoms with Gasteiger partial charge in [0.25, 0.3) is 0 Å². The van der Waals surface area contributed by atoms with Crippen molar-refractivity contribution in [3.8, 4) is 0 Å². The maximum absolute atomic E-state index is 5.69. The molecule has 0 spiro atoms. The normalized spacial score (nSPS) is 26.3. The Morgan fingerprint density at radius 1 is 1.38 bits per heavy atom. The van der Waals surface area contributed by atoms with Gasteiger partial charge in [-0.15, -0.1) is 0 Å². The maximum atomic E-state index is 5.69. The van der Waals surface area contributed by atoms with Gasteiger partial charge in [-0.3, -0.25) is 0 Å². The Kier molecular flexibility index (Phi) is 4.64. The van der Waals surface area contributed by atoms with Crippen molar-refractivity contribution in [1.82, 2.24) is 4.90 Å². The highest BCUT2D eigenvalue weighted by Crippen LogP contribution is 2.30. The molecule has 0 radical (unpaired) electrons. The molecular weight excluding hydrogens is 228 g/mol. The van der Waals surface area contributed by atoms with Crippen molar-refractivity contribution in [2.75, 3.05) is 19.6 Å². The third-order valence-corrected chi connectivity index (χ3v) is 3.02. The standard InChI is InChI=1S/C9H16Cl3N/c1-8-3-2-5-13(7-8)6-4-9(10,11)12/h8H,2-7H2,1H3/t8-/m0/s1. The van der Waals surface area contributed by atoms with E-state index in [-0.39, 0.29) is 0 Å². The second kappa shape index (κ2) is 5.06. The predicted molar refractivity (Wildman–Crippen MR) is 59.7 cm³/mol. The predicted octanol–water partition coefficient (Wildman–Crippen LogP) is 3.48. The van der Waals surface area contributed by atoms with E-state index >= 15 is 0 Å². The summed E-state index contributed by atoms with van der Waals surface area (Å²) in [6, 6.07) is 0. The van der Waals surface area contributed by atoms with Crippen LogP contribution in [0.25, 0.3) is 0 Å². The molecule has 1 atom stereocenters. The molecule has 1 heterocycles. The van der Waals surface area contributed by atoms with Crippen LogP contribution in [-0.2, 0) is 0 Å². The summed E-state index contributed by atoms with van der Waals surface area (Å²) in [4.78, 5) is 2.38. The Balaban J connectivity index is 2.21. The van der Waals surface area contributed by atoms with Crippen molar-refractivity contribution in [3.63, 3.8) is 0 Å². The van der Waals surface area contributed by atoms with Crippen LogP contribution in [0.5, 0.6) is 0 Å². The average molecular weight is 245 g/mol. The van der Waals surface area contributed by atoms with Gasteiger partial charge in [-0.1, -0.05) is 41.7 Å². The quantitative estimate of drug-likeness (QED) is 0.672. The first-order valence-electron chi connectivity index (χ1n) is 4.76. The second-order valence-electron chi connectivity index (χ2n) is 3.91. The van der Waals surface area contributed by atoms with Crippen molar-refractivity contribution >= 4 is 34.8 Å². The number of hydrogen-bond acceptors (Lipinski definition) is 1. The summed E-state index contributed by atoms with van der Waals surface area (Å²) in [7, 11) is 0. The zero-order valence-electron chi connectivity index (χ0n) is 7.90. The zero-order chi connectivity index (χ0) is 9.90. The molecule has 0 aromatic heterocycles. The monoisotopic (exact) mass is 243 g/mol. The average Bonchev–Trinajstić information content (AvgIpc) is 2.00. The van der Waals surface area contributed by atoms with Gasteiger partial charge in [-0.25, -0.2) is 0 Å². The molecule has 0 aliphatic carbocycles. The number of halogens is 3. The number of nitrogens with zero attached hydrogens (tertiary/aromatic N) is 1. The first-order valence-corrected chi connectivity index (χ1v) is 5.90. The number of alkyl halides is 3. The van der Waals surface area contributed by atoms with Crippen molar-refractivity contribution in [1.29, 1.82) is 0 Å². The first-order chi connectivity index (χ1) is 5.97. The lowest BCUT2D eigenvalue weighted by Crippen LogP contribution is -2.36. The van der Waals surface area contributed by atoms with Crippen molar-refractivity contribution in [2.45, 2.75) is 30.0 Å². The van der Waals surface area contributed by atoms with E-state index in [1.165, 1.54) is 12.8 Å². The van der Waals surface area contributed by atoms with Crippen LogP contribution in [0.2, 0.25) is 0 Å². The smallest absolute Gasteiger partial charge is 0.191 e. The summed E-state index contributed by atoms with van der Waals surface area (Å²) in [6.45, 7) is 5.49. The first kappa shape index (κ1) is 11.9. The Bertz CT molecular complexity index is 155. The van der Waals surface area contributed by atoms with Crippen molar-refractivity contribution in [3.05, 3.63) is 0 Å². The van der Waals surface area contributed by atoms with Gasteiger partial charge in [0.15, 0.2) is 3.79 Å². The Morgan fingerprint density at radius 3 is 2.62 bits per heavy atom. The van der Waals surface area contributed by atoms with E-state index in [2.05, 4.69) is 11.8 Å². The third kappa shape index (κ3) is 5.31. The summed E-state index contributed by atoms with van der Waals surface area (Å²) in [6.07, 6.45) is 3.25. The van der Waals surface area contributed by atoms with E-state index in [9.17, 15) is 0 Å². The number of likely N-dealkylation sites (tertiary alicyclic amines) is 1. The fraction of sp³-hybridized carbons (Fsp3) is 1.00. The van der Waals surface area contributed by atoms with E-state index in [0.29, 0.717) is 6.42 Å². The summed E-state index contributed by atoms with van der Waals surface area (Å²) in [5, 5.41) is 0. The highest BCUT2D eigenvalue weighted by Gasteiger charge is 2.22. The summed E-state index contributed by atoms with van der Waals surface area (Å²) < 4.78 is -1.08. The van der Waals surface area contributed by atoms with Crippen molar-refractivity contribution < 1.29 is 0 Å². The number of hydrogen-bond donors (Lipinski definition) is 0. The Morgan fingerprint density at radius 2 is 2.08 bits per heavy atom. The Hall–Kier alpha value is 0.830. The largest absolute Gasteiger partial charge is 0.303 e. The van der Waals surface area contributed by atoms with Gasteiger partial charge in [0, 0.05) is 19.5 Å². The van der Waals surface area contributed by atoms with Crippen molar-refractivity contribution in [2.24, 2.45) is 5.92 Å². The summed E-state index contributed by atoms with van der Waals surface area (Å²) in [5.74, 6) is 0.795. The molecule has 0 amide bonds. The highest BCUT2D eigenvalue weighted by atomic mass is 35.6. The maximum Gasteiger partial charge on any atom is 0.191 e. The fourth-order valence-corrected chi connectivity index (χ4v) is 2.03. The molecule has 1 aliphatic rings. The van der Waals surface area contributed by atoms with E-state index in [0.717, 1.165) is 25.6 Å². The Labute approximate surface area is 95.3 Å². The second-order valence-corrected chi connectivity index (χ2v) is 6.43. The highest BCUT2D eigenvalue weighted by molar-refractivity contribution is 6.67. The molecule has 1 aliphatic heterocycles. The molecule has 13 heavy (non-hydrogen) atoms. The van der Waals surface area contributed by atoms with Crippen LogP contribution < -0.4 is 0 Å². The van der Waals surface area contributed by atoms with Crippen LogP contribution in [0.3, 0.4) is 0 Å². The molecule has 0 N–H and O–H groups in total. The molecule has 1 fully saturated rings. The van der Waals surface area contributed by atoms with Crippen LogP contribution >= 0.6 is 34.8 Å². The summed E-state index contributed by atoms with van der Waals surface area (Å²) >= 11 is 17.1. The van der Waals surface area contributed by atoms with E-state index < -0.39 is 3.79 Å².